The number of carbonyl (C=O) groups is 1. The Balaban J connectivity index is 1.63. The van der Waals surface area contributed by atoms with Crippen molar-refractivity contribution in [1.82, 2.24) is 14.9 Å². The van der Waals surface area contributed by atoms with Gasteiger partial charge in [-0.3, -0.25) is 4.90 Å². The van der Waals surface area contributed by atoms with Gasteiger partial charge in [-0.1, -0.05) is 30.3 Å². The van der Waals surface area contributed by atoms with Gasteiger partial charge in [-0.15, -0.1) is 0 Å². The number of carboxylic acid groups (broad SMARTS) is 1. The van der Waals surface area contributed by atoms with Crippen molar-refractivity contribution >= 4 is 11.9 Å². The summed E-state index contributed by atoms with van der Waals surface area (Å²) in [6.45, 7) is 3.80. The van der Waals surface area contributed by atoms with Gasteiger partial charge >= 0.3 is 5.97 Å². The van der Waals surface area contributed by atoms with Gasteiger partial charge in [-0.2, -0.15) is 0 Å². The zero-order valence-corrected chi connectivity index (χ0v) is 13.3. The van der Waals surface area contributed by atoms with E-state index in [1.807, 2.05) is 23.1 Å². The van der Waals surface area contributed by atoms with Crippen LogP contribution in [0.4, 0.5) is 5.95 Å². The molecule has 2 aromatic rings. The maximum absolute atomic E-state index is 11.1. The molecule has 0 unspecified atom stereocenters. The third-order valence-electron chi connectivity index (χ3n) is 4.14. The topological polar surface area (TPSA) is 89.8 Å². The molecule has 0 atom stereocenters. The Morgan fingerprint density at radius 3 is 2.46 bits per heavy atom. The predicted octanol–water partition coefficient (Wildman–Crippen LogP) is 0.989. The first-order chi connectivity index (χ1) is 11.7. The number of aromatic nitrogens is 2. The first-order valence-electron chi connectivity index (χ1n) is 7.88. The summed E-state index contributed by atoms with van der Waals surface area (Å²) < 4.78 is 0. The highest BCUT2D eigenvalue weighted by Crippen LogP contribution is 2.15. The number of rotatable bonds is 5. The molecule has 1 saturated heterocycles. The fourth-order valence-electron chi connectivity index (χ4n) is 2.81. The fourth-order valence-corrected chi connectivity index (χ4v) is 2.81. The predicted molar refractivity (Wildman–Crippen MR) is 88.8 cm³/mol. The van der Waals surface area contributed by atoms with Crippen LogP contribution < -0.4 is 4.90 Å². The summed E-state index contributed by atoms with van der Waals surface area (Å²) in [5, 5.41) is 18.4. The summed E-state index contributed by atoms with van der Waals surface area (Å²) in [6, 6.07) is 10.3. The monoisotopic (exact) mass is 328 g/mol. The van der Waals surface area contributed by atoms with Crippen molar-refractivity contribution in [2.75, 3.05) is 31.1 Å². The molecule has 3 rings (SSSR count). The number of aliphatic hydroxyl groups is 1. The largest absolute Gasteiger partial charge is 0.478 e. The van der Waals surface area contributed by atoms with E-state index >= 15 is 0 Å². The lowest BCUT2D eigenvalue weighted by molar-refractivity contribution is 0.0692. The van der Waals surface area contributed by atoms with Gasteiger partial charge in [0.1, 0.15) is 5.56 Å². The number of aromatic carboxylic acids is 1. The highest BCUT2D eigenvalue weighted by Gasteiger charge is 2.21. The Kier molecular flexibility index (Phi) is 5.02. The molecule has 7 heteroatoms. The van der Waals surface area contributed by atoms with E-state index in [0.717, 1.165) is 32.7 Å². The van der Waals surface area contributed by atoms with Crippen molar-refractivity contribution in [2.24, 2.45) is 0 Å². The minimum atomic E-state index is -1.13. The maximum atomic E-state index is 11.1. The summed E-state index contributed by atoms with van der Waals surface area (Å²) in [7, 11) is 0. The number of anilines is 1. The van der Waals surface area contributed by atoms with Gasteiger partial charge in [0.2, 0.25) is 5.95 Å². The van der Waals surface area contributed by atoms with Gasteiger partial charge in [0.15, 0.2) is 0 Å². The number of hydrogen-bond acceptors (Lipinski definition) is 6. The average molecular weight is 328 g/mol. The lowest BCUT2D eigenvalue weighted by Crippen LogP contribution is -2.46. The van der Waals surface area contributed by atoms with E-state index in [9.17, 15) is 9.90 Å². The lowest BCUT2D eigenvalue weighted by atomic mass is 10.2. The highest BCUT2D eigenvalue weighted by molar-refractivity contribution is 5.88. The molecule has 0 aliphatic carbocycles. The summed E-state index contributed by atoms with van der Waals surface area (Å²) >= 11 is 0. The van der Waals surface area contributed by atoms with Crippen LogP contribution in [0.3, 0.4) is 0 Å². The SMILES string of the molecule is O=C(O)c1cnc(N2CCN(Cc3ccccc3)CC2)nc1CO. The Labute approximate surface area is 140 Å². The maximum Gasteiger partial charge on any atom is 0.339 e. The molecule has 0 spiro atoms. The molecule has 7 nitrogen and oxygen atoms in total. The van der Waals surface area contributed by atoms with Gasteiger partial charge in [-0.25, -0.2) is 14.8 Å². The molecule has 2 N–H and O–H groups in total. The van der Waals surface area contributed by atoms with E-state index < -0.39 is 12.6 Å². The van der Waals surface area contributed by atoms with Crippen LogP contribution in [0.2, 0.25) is 0 Å². The van der Waals surface area contributed by atoms with Crippen molar-refractivity contribution in [2.45, 2.75) is 13.2 Å². The van der Waals surface area contributed by atoms with Crippen molar-refractivity contribution in [3.63, 3.8) is 0 Å². The second kappa shape index (κ2) is 7.37. The molecular weight excluding hydrogens is 308 g/mol. The van der Waals surface area contributed by atoms with Crippen LogP contribution in [0.1, 0.15) is 21.6 Å². The van der Waals surface area contributed by atoms with Gasteiger partial charge in [0.05, 0.1) is 12.3 Å². The third-order valence-corrected chi connectivity index (χ3v) is 4.14. The second-order valence-corrected chi connectivity index (χ2v) is 5.74. The van der Waals surface area contributed by atoms with Gasteiger partial charge in [0, 0.05) is 38.9 Å². The number of hydrogen-bond donors (Lipinski definition) is 2. The lowest BCUT2D eigenvalue weighted by Gasteiger charge is -2.34. The molecule has 1 aromatic carbocycles. The normalized spacial score (nSPS) is 15.5. The van der Waals surface area contributed by atoms with Crippen molar-refractivity contribution < 1.29 is 15.0 Å². The summed E-state index contributed by atoms with van der Waals surface area (Å²) in [4.78, 5) is 23.8. The van der Waals surface area contributed by atoms with E-state index in [1.54, 1.807) is 0 Å². The van der Waals surface area contributed by atoms with Gasteiger partial charge in [-0.05, 0) is 5.56 Å². The highest BCUT2D eigenvalue weighted by atomic mass is 16.4. The molecule has 1 aliphatic rings. The molecule has 1 aromatic heterocycles. The molecular formula is C17H20N4O3. The van der Waals surface area contributed by atoms with Crippen LogP contribution in [0.15, 0.2) is 36.5 Å². The molecule has 0 bridgehead atoms. The van der Waals surface area contributed by atoms with Crippen LogP contribution in [0, 0.1) is 0 Å². The molecule has 1 fully saturated rings. The Bertz CT molecular complexity index is 700. The zero-order valence-electron chi connectivity index (χ0n) is 13.3. The van der Waals surface area contributed by atoms with Gasteiger partial charge in [0.25, 0.3) is 0 Å². The molecule has 0 amide bonds. The smallest absolute Gasteiger partial charge is 0.339 e. The first-order valence-corrected chi connectivity index (χ1v) is 7.88. The Morgan fingerprint density at radius 2 is 1.83 bits per heavy atom. The molecule has 126 valence electrons. The van der Waals surface area contributed by atoms with Crippen molar-refractivity contribution in [3.8, 4) is 0 Å². The third kappa shape index (κ3) is 3.69. The molecule has 0 radical (unpaired) electrons. The molecule has 24 heavy (non-hydrogen) atoms. The van der Waals surface area contributed by atoms with E-state index in [-0.39, 0.29) is 11.3 Å². The number of carboxylic acids is 1. The van der Waals surface area contributed by atoms with E-state index in [0.29, 0.717) is 5.95 Å². The first kappa shape index (κ1) is 16.4. The molecule has 2 heterocycles. The van der Waals surface area contributed by atoms with Crippen LogP contribution in [0.25, 0.3) is 0 Å². The van der Waals surface area contributed by atoms with Crippen LogP contribution in [0.5, 0.6) is 0 Å². The van der Waals surface area contributed by atoms with E-state index in [4.69, 9.17) is 5.11 Å². The number of nitrogens with zero attached hydrogens (tertiary/aromatic N) is 4. The van der Waals surface area contributed by atoms with Crippen LogP contribution >= 0.6 is 0 Å². The van der Waals surface area contributed by atoms with Crippen molar-refractivity contribution in [1.29, 1.82) is 0 Å². The average Bonchev–Trinajstić information content (AvgIpc) is 2.62. The number of aliphatic hydroxyl groups excluding tert-OH is 1. The number of benzene rings is 1. The summed E-state index contributed by atoms with van der Waals surface area (Å²) in [6.07, 6.45) is 1.27. The summed E-state index contributed by atoms with van der Waals surface area (Å²) in [5.41, 5.74) is 1.39. The van der Waals surface area contributed by atoms with Gasteiger partial charge < -0.3 is 15.1 Å². The minimum absolute atomic E-state index is 0.0519. The Hall–Kier alpha value is -2.51. The standard InChI is InChI=1S/C17H20N4O3/c22-12-15-14(16(23)24)10-18-17(19-15)21-8-6-20(7-9-21)11-13-4-2-1-3-5-13/h1-5,10,22H,6-9,11-12H2,(H,23,24). The number of piperazine rings is 1. The van der Waals surface area contributed by atoms with E-state index in [2.05, 4.69) is 27.0 Å². The van der Waals surface area contributed by atoms with Crippen LogP contribution in [-0.4, -0.2) is 57.2 Å². The Morgan fingerprint density at radius 1 is 1.12 bits per heavy atom. The van der Waals surface area contributed by atoms with E-state index in [1.165, 1.54) is 11.8 Å². The fraction of sp³-hybridized carbons (Fsp3) is 0.353. The quantitative estimate of drug-likeness (QED) is 0.846. The molecule has 1 aliphatic heterocycles. The summed E-state index contributed by atoms with van der Waals surface area (Å²) in [5.74, 6) is -0.651. The minimum Gasteiger partial charge on any atom is -0.478 e. The van der Waals surface area contributed by atoms with Crippen LogP contribution in [-0.2, 0) is 13.2 Å². The second-order valence-electron chi connectivity index (χ2n) is 5.74. The zero-order chi connectivity index (χ0) is 16.9. The van der Waals surface area contributed by atoms with Crippen molar-refractivity contribution in [3.05, 3.63) is 53.3 Å². The molecule has 0 saturated carbocycles.